The van der Waals surface area contributed by atoms with Gasteiger partial charge in [-0.15, -0.1) is 0 Å². The first-order valence-corrected chi connectivity index (χ1v) is 15.7. The van der Waals surface area contributed by atoms with Gasteiger partial charge in [0.25, 0.3) is 0 Å². The Bertz CT molecular complexity index is 2000. The van der Waals surface area contributed by atoms with Crippen molar-refractivity contribution < 1.29 is 44.8 Å². The molecule has 0 radical (unpaired) electrons. The highest BCUT2D eigenvalue weighted by Gasteiger charge is 2.11. The van der Waals surface area contributed by atoms with Crippen molar-refractivity contribution in [2.75, 3.05) is 0 Å². The highest BCUT2D eigenvalue weighted by molar-refractivity contribution is 5.81. The van der Waals surface area contributed by atoms with Crippen LogP contribution in [0.15, 0.2) is 146 Å². The van der Waals surface area contributed by atoms with Crippen LogP contribution in [-0.4, -0.2) is 30.6 Å². The minimum Gasteiger partial charge on any atom is -0.508 e. The van der Waals surface area contributed by atoms with Gasteiger partial charge in [0.2, 0.25) is 0 Å². The number of benzene rings is 7. The van der Waals surface area contributed by atoms with E-state index in [1.54, 1.807) is 36.4 Å². The molecule has 7 aromatic carbocycles. The minimum absolute atomic E-state index is 0.109. The van der Waals surface area contributed by atoms with E-state index in [1.807, 2.05) is 36.4 Å². The van der Waals surface area contributed by atoms with Crippen LogP contribution in [0, 0.1) is 0 Å². The van der Waals surface area contributed by atoms with Gasteiger partial charge in [-0.2, -0.15) is 0 Å². The third-order valence-corrected chi connectivity index (χ3v) is 7.83. The summed E-state index contributed by atoms with van der Waals surface area (Å²) in [5, 5.41) is 58.9. The van der Waals surface area contributed by atoms with E-state index in [4.69, 9.17) is 14.2 Å². The van der Waals surface area contributed by atoms with Crippen molar-refractivity contribution in [3.05, 3.63) is 146 Å². The van der Waals surface area contributed by atoms with E-state index in [0.717, 1.165) is 33.4 Å². The maximum atomic E-state index is 9.82. The highest BCUT2D eigenvalue weighted by atomic mass is 16.5. The number of hydrogen-bond acceptors (Lipinski definition) is 9. The molecule has 0 bridgehead atoms. The van der Waals surface area contributed by atoms with E-state index in [0.29, 0.717) is 34.5 Å². The van der Waals surface area contributed by atoms with Crippen molar-refractivity contribution in [3.8, 4) is 102 Å². The van der Waals surface area contributed by atoms with Crippen LogP contribution in [0.25, 0.3) is 33.4 Å². The number of rotatable bonds is 9. The van der Waals surface area contributed by atoms with Gasteiger partial charge in [0, 0.05) is 54.6 Å². The molecule has 0 aromatic heterocycles. The molecule has 0 saturated heterocycles. The lowest BCUT2D eigenvalue weighted by atomic mass is 9.93. The van der Waals surface area contributed by atoms with Crippen LogP contribution in [0.1, 0.15) is 0 Å². The zero-order chi connectivity index (χ0) is 35.5. The summed E-state index contributed by atoms with van der Waals surface area (Å²) in [5.74, 6) is 1.80. The van der Waals surface area contributed by atoms with E-state index >= 15 is 0 Å². The normalized spacial score (nSPS) is 10.8. The number of phenolic OH excluding ortho intramolecular Hbond substituents is 6. The molecule has 0 saturated carbocycles. The number of phenols is 6. The Morgan fingerprint density at radius 1 is 0.216 bits per heavy atom. The summed E-state index contributed by atoms with van der Waals surface area (Å²) in [5.41, 5.74) is 5.52. The first kappa shape index (κ1) is 32.3. The van der Waals surface area contributed by atoms with Crippen molar-refractivity contribution in [1.82, 2.24) is 0 Å². The maximum Gasteiger partial charge on any atom is 0.134 e. The first-order valence-electron chi connectivity index (χ1n) is 15.7. The summed E-state index contributed by atoms with van der Waals surface area (Å²) in [6.07, 6.45) is 0. The summed E-state index contributed by atoms with van der Waals surface area (Å²) >= 11 is 0. The Morgan fingerprint density at radius 2 is 0.431 bits per heavy atom. The second kappa shape index (κ2) is 13.7. The van der Waals surface area contributed by atoms with E-state index in [2.05, 4.69) is 18.2 Å². The van der Waals surface area contributed by atoms with Crippen molar-refractivity contribution in [2.24, 2.45) is 0 Å². The summed E-state index contributed by atoms with van der Waals surface area (Å²) in [6, 6.07) is 40.7. The summed E-state index contributed by atoms with van der Waals surface area (Å²) in [7, 11) is 0. The van der Waals surface area contributed by atoms with Crippen LogP contribution in [0.5, 0.6) is 69.0 Å². The molecule has 0 aliphatic heterocycles. The fourth-order valence-corrected chi connectivity index (χ4v) is 5.56. The second-order valence-corrected chi connectivity index (χ2v) is 11.7. The topological polar surface area (TPSA) is 149 Å². The molecule has 0 fully saturated rings. The van der Waals surface area contributed by atoms with Crippen molar-refractivity contribution in [2.45, 2.75) is 0 Å². The molecule has 0 aliphatic rings. The summed E-state index contributed by atoms with van der Waals surface area (Å²) in [6.45, 7) is 0. The summed E-state index contributed by atoms with van der Waals surface area (Å²) < 4.78 is 17.6. The van der Waals surface area contributed by atoms with E-state index in [1.165, 1.54) is 54.6 Å². The summed E-state index contributed by atoms with van der Waals surface area (Å²) in [4.78, 5) is 0. The number of hydrogen-bond donors (Lipinski definition) is 6. The lowest BCUT2D eigenvalue weighted by molar-refractivity contribution is 0.430. The van der Waals surface area contributed by atoms with E-state index in [-0.39, 0.29) is 34.5 Å². The van der Waals surface area contributed by atoms with Gasteiger partial charge < -0.3 is 44.8 Å². The standard InChI is InChI=1S/C42H30O9/c43-31-16-32(44)20-40(19-31)49-37-7-1-25(2-8-37)28-13-29(26-3-9-38(10-4-26)50-41-21-33(45)17-34(46)22-41)15-30(14-28)27-5-11-39(12-6-27)51-42-23-35(47)18-36(48)24-42/h1-24,43-48H. The predicted molar refractivity (Wildman–Crippen MR) is 192 cm³/mol. The highest BCUT2D eigenvalue weighted by Crippen LogP contribution is 2.38. The van der Waals surface area contributed by atoms with Gasteiger partial charge in [-0.1, -0.05) is 36.4 Å². The third kappa shape index (κ3) is 7.90. The monoisotopic (exact) mass is 678 g/mol. The zero-order valence-electron chi connectivity index (χ0n) is 26.8. The molecule has 7 aromatic rings. The molecule has 0 spiro atoms. The predicted octanol–water partition coefficient (Wildman–Crippen LogP) is 10.3. The molecule has 0 unspecified atom stereocenters. The van der Waals surface area contributed by atoms with Crippen LogP contribution < -0.4 is 14.2 Å². The Balaban J connectivity index is 1.20. The van der Waals surface area contributed by atoms with Gasteiger partial charge in [0.05, 0.1) is 0 Å². The van der Waals surface area contributed by atoms with Gasteiger partial charge in [0.15, 0.2) is 0 Å². The average Bonchev–Trinajstić information content (AvgIpc) is 3.08. The van der Waals surface area contributed by atoms with Crippen molar-refractivity contribution in [1.29, 1.82) is 0 Å². The molecular formula is C42H30O9. The van der Waals surface area contributed by atoms with E-state index < -0.39 is 0 Å². The fourth-order valence-electron chi connectivity index (χ4n) is 5.56. The van der Waals surface area contributed by atoms with Gasteiger partial charge in [-0.05, 0) is 88.0 Å². The van der Waals surface area contributed by atoms with Crippen LogP contribution in [0.4, 0.5) is 0 Å². The lowest BCUT2D eigenvalue weighted by Gasteiger charge is -2.13. The minimum atomic E-state index is -0.109. The smallest absolute Gasteiger partial charge is 0.134 e. The molecule has 0 aliphatic carbocycles. The van der Waals surface area contributed by atoms with Crippen LogP contribution >= 0.6 is 0 Å². The fraction of sp³-hybridized carbons (Fsp3) is 0. The van der Waals surface area contributed by atoms with Gasteiger partial charge >= 0.3 is 0 Å². The molecule has 51 heavy (non-hydrogen) atoms. The average molecular weight is 679 g/mol. The first-order chi connectivity index (χ1) is 24.6. The Kier molecular flexibility index (Phi) is 8.67. The number of aromatic hydroxyl groups is 6. The van der Waals surface area contributed by atoms with Crippen molar-refractivity contribution >= 4 is 0 Å². The van der Waals surface area contributed by atoms with Crippen LogP contribution in [-0.2, 0) is 0 Å². The van der Waals surface area contributed by atoms with Gasteiger partial charge in [0.1, 0.15) is 69.0 Å². The second-order valence-electron chi connectivity index (χ2n) is 11.7. The van der Waals surface area contributed by atoms with Crippen LogP contribution in [0.2, 0.25) is 0 Å². The van der Waals surface area contributed by atoms with Crippen molar-refractivity contribution in [3.63, 3.8) is 0 Å². The SMILES string of the molecule is Oc1cc(O)cc(Oc2ccc(-c3cc(-c4ccc(Oc5cc(O)cc(O)c5)cc4)cc(-c4ccc(Oc5cc(O)cc(O)c5)cc4)c3)cc2)c1. The molecule has 0 amide bonds. The molecule has 0 atom stereocenters. The Hall–Kier alpha value is -7.26. The molecule has 7 rings (SSSR count). The third-order valence-electron chi connectivity index (χ3n) is 7.83. The van der Waals surface area contributed by atoms with Gasteiger partial charge in [-0.3, -0.25) is 0 Å². The molecule has 252 valence electrons. The molecular weight excluding hydrogens is 648 g/mol. The molecule has 0 heterocycles. The van der Waals surface area contributed by atoms with E-state index in [9.17, 15) is 30.6 Å². The molecule has 6 N–H and O–H groups in total. The zero-order valence-corrected chi connectivity index (χ0v) is 26.8. The maximum absolute atomic E-state index is 9.82. The molecule has 9 heteroatoms. The largest absolute Gasteiger partial charge is 0.508 e. The Morgan fingerprint density at radius 3 is 0.647 bits per heavy atom. The number of ether oxygens (including phenoxy) is 3. The molecule has 9 nitrogen and oxygen atoms in total. The lowest BCUT2D eigenvalue weighted by Crippen LogP contribution is -1.89. The van der Waals surface area contributed by atoms with Crippen LogP contribution in [0.3, 0.4) is 0 Å². The van der Waals surface area contributed by atoms with Gasteiger partial charge in [-0.25, -0.2) is 0 Å². The Labute approximate surface area is 292 Å². The quantitative estimate of drug-likeness (QED) is 0.0877.